The van der Waals surface area contributed by atoms with Crippen LogP contribution in [0.3, 0.4) is 0 Å². The SMILES string of the molecule is CCN1CCC(NC(c2cccs2)c2ccc(Cl)s2)CC1. The van der Waals surface area contributed by atoms with Crippen molar-refractivity contribution in [2.75, 3.05) is 19.6 Å². The van der Waals surface area contributed by atoms with Gasteiger partial charge in [-0.15, -0.1) is 22.7 Å². The highest BCUT2D eigenvalue weighted by Gasteiger charge is 2.24. The van der Waals surface area contributed by atoms with Crippen LogP contribution >= 0.6 is 34.3 Å². The molecule has 2 nitrogen and oxygen atoms in total. The molecule has 0 radical (unpaired) electrons. The van der Waals surface area contributed by atoms with Crippen molar-refractivity contribution >= 4 is 34.3 Å². The molecular formula is C16H21ClN2S2. The van der Waals surface area contributed by atoms with E-state index in [1.165, 1.54) is 42.2 Å². The molecule has 1 saturated heterocycles. The molecule has 2 aromatic rings. The van der Waals surface area contributed by atoms with Crippen LogP contribution < -0.4 is 5.32 Å². The summed E-state index contributed by atoms with van der Waals surface area (Å²) in [5, 5.41) is 6.02. The Morgan fingerprint density at radius 3 is 2.67 bits per heavy atom. The largest absolute Gasteiger partial charge is 0.303 e. The zero-order chi connectivity index (χ0) is 14.7. The highest BCUT2D eigenvalue weighted by Crippen LogP contribution is 2.34. The summed E-state index contributed by atoms with van der Waals surface area (Å²) in [4.78, 5) is 5.23. The molecule has 5 heteroatoms. The Morgan fingerprint density at radius 2 is 2.10 bits per heavy atom. The first kappa shape index (κ1) is 15.5. The van der Waals surface area contributed by atoms with Crippen molar-refractivity contribution in [3.05, 3.63) is 43.7 Å². The van der Waals surface area contributed by atoms with Crippen LogP contribution in [0.1, 0.15) is 35.6 Å². The second-order valence-electron chi connectivity index (χ2n) is 5.47. The van der Waals surface area contributed by atoms with E-state index in [0.717, 1.165) is 4.34 Å². The topological polar surface area (TPSA) is 15.3 Å². The molecular weight excluding hydrogens is 320 g/mol. The predicted molar refractivity (Wildman–Crippen MR) is 93.8 cm³/mol. The Kier molecular flexibility index (Phi) is 5.35. The maximum atomic E-state index is 6.13. The Balaban J connectivity index is 1.72. The van der Waals surface area contributed by atoms with E-state index >= 15 is 0 Å². The third-order valence-electron chi connectivity index (χ3n) is 4.14. The molecule has 21 heavy (non-hydrogen) atoms. The van der Waals surface area contributed by atoms with E-state index < -0.39 is 0 Å². The van der Waals surface area contributed by atoms with E-state index in [1.54, 1.807) is 11.3 Å². The summed E-state index contributed by atoms with van der Waals surface area (Å²) >= 11 is 9.64. The maximum absolute atomic E-state index is 6.13. The number of rotatable bonds is 5. The first-order valence-corrected chi connectivity index (χ1v) is 9.60. The zero-order valence-electron chi connectivity index (χ0n) is 12.2. The normalized spacial score (nSPS) is 19.0. The molecule has 1 aliphatic heterocycles. The monoisotopic (exact) mass is 340 g/mol. The van der Waals surface area contributed by atoms with E-state index in [9.17, 15) is 0 Å². The summed E-state index contributed by atoms with van der Waals surface area (Å²) in [6.45, 7) is 5.82. The Morgan fingerprint density at radius 1 is 1.29 bits per heavy atom. The lowest BCUT2D eigenvalue weighted by Gasteiger charge is -2.33. The number of hydrogen-bond donors (Lipinski definition) is 1. The Labute approximate surface area is 139 Å². The third kappa shape index (κ3) is 3.88. The zero-order valence-corrected chi connectivity index (χ0v) is 14.6. The van der Waals surface area contributed by atoms with Gasteiger partial charge in [-0.1, -0.05) is 24.6 Å². The molecule has 1 aliphatic rings. The highest BCUT2D eigenvalue weighted by molar-refractivity contribution is 7.16. The number of likely N-dealkylation sites (tertiary alicyclic amines) is 1. The van der Waals surface area contributed by atoms with Gasteiger partial charge >= 0.3 is 0 Å². The summed E-state index contributed by atoms with van der Waals surface area (Å²) in [6.07, 6.45) is 2.46. The summed E-state index contributed by atoms with van der Waals surface area (Å²) in [5.41, 5.74) is 0. The van der Waals surface area contributed by atoms with Crippen LogP contribution in [0.4, 0.5) is 0 Å². The molecule has 0 aliphatic carbocycles. The average molecular weight is 341 g/mol. The predicted octanol–water partition coefficient (Wildman–Crippen LogP) is 4.63. The Bertz CT molecular complexity index is 544. The number of halogens is 1. The molecule has 0 saturated carbocycles. The van der Waals surface area contributed by atoms with E-state index in [-0.39, 0.29) is 0 Å². The van der Waals surface area contributed by atoms with E-state index in [2.05, 4.69) is 40.7 Å². The van der Waals surface area contributed by atoms with Crippen molar-refractivity contribution in [2.24, 2.45) is 0 Å². The van der Waals surface area contributed by atoms with Crippen LogP contribution in [0.5, 0.6) is 0 Å². The second-order valence-corrected chi connectivity index (χ2v) is 8.19. The van der Waals surface area contributed by atoms with Crippen molar-refractivity contribution in [1.29, 1.82) is 0 Å². The quantitative estimate of drug-likeness (QED) is 0.853. The van der Waals surface area contributed by atoms with Crippen LogP contribution in [-0.2, 0) is 0 Å². The van der Waals surface area contributed by atoms with Gasteiger partial charge in [0.15, 0.2) is 0 Å². The van der Waals surface area contributed by atoms with Crippen LogP contribution in [0.25, 0.3) is 0 Å². The summed E-state index contributed by atoms with van der Waals surface area (Å²) < 4.78 is 0.870. The standard InChI is InChI=1S/C16H21ClN2S2/c1-2-19-9-7-12(8-10-19)18-16(13-4-3-11-20-13)14-5-6-15(17)21-14/h3-6,11-12,16,18H,2,7-10H2,1H3. The fourth-order valence-corrected chi connectivity index (χ4v) is 4.91. The number of hydrogen-bond acceptors (Lipinski definition) is 4. The van der Waals surface area contributed by atoms with Gasteiger partial charge in [-0.3, -0.25) is 0 Å². The van der Waals surface area contributed by atoms with Crippen molar-refractivity contribution in [2.45, 2.75) is 31.8 Å². The van der Waals surface area contributed by atoms with E-state index in [1.807, 2.05) is 17.4 Å². The van der Waals surface area contributed by atoms with Crippen LogP contribution in [0.2, 0.25) is 4.34 Å². The average Bonchev–Trinajstić information content (AvgIpc) is 3.17. The molecule has 0 amide bonds. The number of nitrogens with one attached hydrogen (secondary N) is 1. The fraction of sp³-hybridized carbons (Fsp3) is 0.500. The third-order valence-corrected chi connectivity index (χ3v) is 6.38. The fourth-order valence-electron chi connectivity index (χ4n) is 2.89. The Hall–Kier alpha value is -0.390. The van der Waals surface area contributed by atoms with Crippen molar-refractivity contribution < 1.29 is 0 Å². The van der Waals surface area contributed by atoms with Gasteiger partial charge in [-0.2, -0.15) is 0 Å². The minimum Gasteiger partial charge on any atom is -0.303 e. The number of thiophene rings is 2. The van der Waals surface area contributed by atoms with Crippen LogP contribution in [0.15, 0.2) is 29.6 Å². The molecule has 3 rings (SSSR count). The highest BCUT2D eigenvalue weighted by atomic mass is 35.5. The van der Waals surface area contributed by atoms with Crippen molar-refractivity contribution in [3.63, 3.8) is 0 Å². The van der Waals surface area contributed by atoms with Crippen LogP contribution in [-0.4, -0.2) is 30.6 Å². The van der Waals surface area contributed by atoms with Gasteiger partial charge in [0.05, 0.1) is 10.4 Å². The van der Waals surface area contributed by atoms with Gasteiger partial charge in [0, 0.05) is 15.8 Å². The van der Waals surface area contributed by atoms with Crippen LogP contribution in [0, 0.1) is 0 Å². The second kappa shape index (κ2) is 7.25. The molecule has 0 bridgehead atoms. The lowest BCUT2D eigenvalue weighted by molar-refractivity contribution is 0.202. The molecule has 0 spiro atoms. The molecule has 2 aromatic heterocycles. The van der Waals surface area contributed by atoms with Gasteiger partial charge in [0.25, 0.3) is 0 Å². The maximum Gasteiger partial charge on any atom is 0.0931 e. The lowest BCUT2D eigenvalue weighted by Crippen LogP contribution is -2.43. The summed E-state index contributed by atoms with van der Waals surface area (Å²) in [7, 11) is 0. The summed E-state index contributed by atoms with van der Waals surface area (Å²) in [6, 6.07) is 9.40. The molecule has 1 unspecified atom stereocenters. The van der Waals surface area contributed by atoms with E-state index in [0.29, 0.717) is 12.1 Å². The van der Waals surface area contributed by atoms with Gasteiger partial charge in [-0.05, 0) is 56.1 Å². The number of nitrogens with zero attached hydrogens (tertiary/aromatic N) is 1. The summed E-state index contributed by atoms with van der Waals surface area (Å²) in [5.74, 6) is 0. The smallest absolute Gasteiger partial charge is 0.0931 e. The molecule has 1 fully saturated rings. The number of piperidine rings is 1. The molecule has 3 heterocycles. The van der Waals surface area contributed by atoms with Gasteiger partial charge < -0.3 is 10.2 Å². The minimum atomic E-state index is 0.292. The molecule has 114 valence electrons. The minimum absolute atomic E-state index is 0.292. The van der Waals surface area contributed by atoms with E-state index in [4.69, 9.17) is 11.6 Å². The molecule has 1 N–H and O–H groups in total. The van der Waals surface area contributed by atoms with Crippen molar-refractivity contribution in [3.8, 4) is 0 Å². The molecule has 0 aromatic carbocycles. The first-order valence-electron chi connectivity index (χ1n) is 7.53. The molecule has 1 atom stereocenters. The lowest BCUT2D eigenvalue weighted by atomic mass is 10.0. The van der Waals surface area contributed by atoms with Crippen molar-refractivity contribution in [1.82, 2.24) is 10.2 Å². The van der Waals surface area contributed by atoms with Gasteiger partial charge in [-0.25, -0.2) is 0 Å². The van der Waals surface area contributed by atoms with Gasteiger partial charge in [0.1, 0.15) is 0 Å². The first-order chi connectivity index (χ1) is 10.3. The van der Waals surface area contributed by atoms with Gasteiger partial charge in [0.2, 0.25) is 0 Å².